The molecule has 1 fully saturated rings. The third-order valence-corrected chi connectivity index (χ3v) is 3.75. The molecule has 1 saturated carbocycles. The monoisotopic (exact) mass is 223 g/mol. The highest BCUT2D eigenvalue weighted by atomic mass is 35.5. The minimum atomic E-state index is -2.58. The number of hydrogen-bond donors (Lipinski definition) is 0. The third-order valence-electron chi connectivity index (χ3n) is 2.49. The van der Waals surface area contributed by atoms with Gasteiger partial charge in [-0.15, -0.1) is 22.9 Å². The number of thiazole rings is 1. The lowest BCUT2D eigenvalue weighted by Gasteiger charge is -2.04. The lowest BCUT2D eigenvalue weighted by atomic mass is 10.1. The molecule has 0 radical (unpaired) electrons. The number of halogens is 3. The molecule has 1 aromatic rings. The zero-order chi connectivity index (χ0) is 9.69. The average Bonchev–Trinajstić information content (AvgIpc) is 2.53. The van der Waals surface area contributed by atoms with Gasteiger partial charge in [-0.2, -0.15) is 0 Å². The summed E-state index contributed by atoms with van der Waals surface area (Å²) in [6, 6.07) is 0. The van der Waals surface area contributed by atoms with Crippen LogP contribution in [-0.4, -0.2) is 10.9 Å². The molecule has 5 heteroatoms. The molecule has 1 nitrogen and oxygen atoms in total. The molecule has 1 aliphatic rings. The highest BCUT2D eigenvalue weighted by Gasteiger charge is 2.69. The van der Waals surface area contributed by atoms with Gasteiger partial charge in [0.1, 0.15) is 5.01 Å². The van der Waals surface area contributed by atoms with Crippen molar-refractivity contribution < 1.29 is 8.78 Å². The van der Waals surface area contributed by atoms with Crippen LogP contribution in [0.5, 0.6) is 0 Å². The fourth-order valence-corrected chi connectivity index (χ4v) is 2.33. The van der Waals surface area contributed by atoms with Crippen LogP contribution in [0.25, 0.3) is 0 Å². The molecule has 0 spiro atoms. The van der Waals surface area contributed by atoms with E-state index >= 15 is 0 Å². The molecule has 1 heterocycles. The zero-order valence-corrected chi connectivity index (χ0v) is 8.55. The van der Waals surface area contributed by atoms with Crippen molar-refractivity contribution in [3.8, 4) is 0 Å². The van der Waals surface area contributed by atoms with E-state index < -0.39 is 11.3 Å². The Labute approximate surface area is 83.7 Å². The van der Waals surface area contributed by atoms with Crippen molar-refractivity contribution in [3.05, 3.63) is 16.1 Å². The molecule has 0 N–H and O–H groups in total. The predicted molar refractivity (Wildman–Crippen MR) is 48.6 cm³/mol. The van der Waals surface area contributed by atoms with Gasteiger partial charge in [0.05, 0.1) is 17.0 Å². The number of rotatable bonds is 2. The van der Waals surface area contributed by atoms with Crippen LogP contribution in [0.4, 0.5) is 8.78 Å². The molecule has 0 bridgehead atoms. The minimum absolute atomic E-state index is 0.0918. The van der Waals surface area contributed by atoms with Crippen molar-refractivity contribution in [1.29, 1.82) is 0 Å². The second-order valence-electron chi connectivity index (χ2n) is 3.47. The molecule has 2 rings (SSSR count). The van der Waals surface area contributed by atoms with Gasteiger partial charge >= 0.3 is 0 Å². The molecular weight excluding hydrogens is 216 g/mol. The van der Waals surface area contributed by atoms with E-state index in [1.807, 2.05) is 0 Å². The maximum absolute atomic E-state index is 12.9. The van der Waals surface area contributed by atoms with E-state index in [9.17, 15) is 8.78 Å². The molecule has 0 saturated heterocycles. The Kier molecular flexibility index (Phi) is 1.90. The summed E-state index contributed by atoms with van der Waals surface area (Å²) >= 11 is 6.88. The van der Waals surface area contributed by atoms with Crippen molar-refractivity contribution in [2.75, 3.05) is 0 Å². The van der Waals surface area contributed by atoms with Crippen LogP contribution in [0.3, 0.4) is 0 Å². The lowest BCUT2D eigenvalue weighted by molar-refractivity contribution is 0.0912. The number of nitrogens with zero attached hydrogens (tertiary/aromatic N) is 1. The van der Waals surface area contributed by atoms with E-state index in [1.54, 1.807) is 12.3 Å². The number of alkyl halides is 3. The van der Waals surface area contributed by atoms with E-state index in [-0.39, 0.29) is 6.42 Å². The molecule has 1 unspecified atom stereocenters. The van der Waals surface area contributed by atoms with Crippen molar-refractivity contribution in [2.45, 2.75) is 30.6 Å². The molecule has 0 aliphatic heterocycles. The quantitative estimate of drug-likeness (QED) is 0.702. The van der Waals surface area contributed by atoms with Gasteiger partial charge in [0.2, 0.25) is 0 Å². The summed E-state index contributed by atoms with van der Waals surface area (Å²) in [5, 5.41) is 2.39. The number of aromatic nitrogens is 1. The largest absolute Gasteiger partial charge is 0.260 e. The summed E-state index contributed by atoms with van der Waals surface area (Å²) in [4.78, 5) is 4.06. The maximum Gasteiger partial charge on any atom is 0.260 e. The van der Waals surface area contributed by atoms with Crippen molar-refractivity contribution in [1.82, 2.24) is 4.98 Å². The predicted octanol–water partition coefficient (Wildman–Crippen LogP) is 3.18. The first kappa shape index (κ1) is 9.34. The van der Waals surface area contributed by atoms with Crippen LogP contribution in [0.15, 0.2) is 5.38 Å². The van der Waals surface area contributed by atoms with Gasteiger partial charge in [0, 0.05) is 11.8 Å². The average molecular weight is 224 g/mol. The topological polar surface area (TPSA) is 12.9 Å². The smallest absolute Gasteiger partial charge is 0.244 e. The van der Waals surface area contributed by atoms with Crippen LogP contribution in [0.1, 0.15) is 24.0 Å². The van der Waals surface area contributed by atoms with Gasteiger partial charge in [-0.25, -0.2) is 13.8 Å². The van der Waals surface area contributed by atoms with Gasteiger partial charge in [-0.05, 0) is 6.92 Å². The van der Waals surface area contributed by atoms with Crippen molar-refractivity contribution in [3.63, 3.8) is 0 Å². The first-order valence-corrected chi connectivity index (χ1v) is 5.30. The van der Waals surface area contributed by atoms with E-state index in [0.717, 1.165) is 0 Å². The summed E-state index contributed by atoms with van der Waals surface area (Å²) in [6.45, 7) is 1.54. The molecule has 72 valence electrons. The lowest BCUT2D eigenvalue weighted by Crippen LogP contribution is -2.11. The molecule has 0 amide bonds. The second-order valence-corrected chi connectivity index (χ2v) is 4.68. The highest BCUT2D eigenvalue weighted by Crippen LogP contribution is 2.61. The van der Waals surface area contributed by atoms with Crippen molar-refractivity contribution >= 4 is 22.9 Å². The van der Waals surface area contributed by atoms with Crippen LogP contribution >= 0.6 is 22.9 Å². The van der Waals surface area contributed by atoms with Gasteiger partial charge in [0.25, 0.3) is 5.92 Å². The van der Waals surface area contributed by atoms with E-state index in [2.05, 4.69) is 4.98 Å². The molecule has 1 atom stereocenters. The fourth-order valence-electron chi connectivity index (χ4n) is 1.30. The second kappa shape index (κ2) is 2.64. The van der Waals surface area contributed by atoms with Crippen molar-refractivity contribution in [2.24, 2.45) is 0 Å². The van der Waals surface area contributed by atoms with Crippen LogP contribution in [0.2, 0.25) is 0 Å². The highest BCUT2D eigenvalue weighted by molar-refractivity contribution is 7.09. The standard InChI is InChI=1S/C8H8ClF2NS/c1-7(4-8(7,10)11)5-3-13-6(2-9)12-5/h3H,2,4H2,1H3. The normalized spacial score (nSPS) is 30.5. The summed E-state index contributed by atoms with van der Waals surface area (Å²) in [5.74, 6) is -2.28. The first-order chi connectivity index (χ1) is 5.99. The molecular formula is C8H8ClF2NS. The van der Waals surface area contributed by atoms with E-state index in [4.69, 9.17) is 11.6 Å². The van der Waals surface area contributed by atoms with Crippen LogP contribution in [-0.2, 0) is 11.3 Å². The van der Waals surface area contributed by atoms with Crippen LogP contribution < -0.4 is 0 Å². The Hall–Kier alpha value is -0.220. The summed E-state index contributed by atoms with van der Waals surface area (Å²) in [6.07, 6.45) is -0.0918. The Balaban J connectivity index is 2.28. The summed E-state index contributed by atoms with van der Waals surface area (Å²) < 4.78 is 25.8. The van der Waals surface area contributed by atoms with Gasteiger partial charge in [-0.3, -0.25) is 0 Å². The minimum Gasteiger partial charge on any atom is -0.244 e. The van der Waals surface area contributed by atoms with E-state index in [1.165, 1.54) is 11.3 Å². The SMILES string of the molecule is CC1(c2csc(CCl)n2)CC1(F)F. The first-order valence-electron chi connectivity index (χ1n) is 3.88. The Morgan fingerprint density at radius 3 is 2.69 bits per heavy atom. The Morgan fingerprint density at radius 2 is 2.31 bits per heavy atom. The maximum atomic E-state index is 12.9. The van der Waals surface area contributed by atoms with E-state index in [0.29, 0.717) is 16.6 Å². The summed E-state index contributed by atoms with van der Waals surface area (Å²) in [7, 11) is 0. The third kappa shape index (κ3) is 1.27. The van der Waals surface area contributed by atoms with Gasteiger partial charge < -0.3 is 0 Å². The molecule has 13 heavy (non-hydrogen) atoms. The summed E-state index contributed by atoms with van der Waals surface area (Å²) in [5.41, 5.74) is -0.550. The Bertz CT molecular complexity index is 339. The number of hydrogen-bond acceptors (Lipinski definition) is 2. The van der Waals surface area contributed by atoms with Gasteiger partial charge in [0.15, 0.2) is 0 Å². The zero-order valence-electron chi connectivity index (χ0n) is 6.98. The van der Waals surface area contributed by atoms with Crippen LogP contribution in [0, 0.1) is 0 Å². The fraction of sp³-hybridized carbons (Fsp3) is 0.625. The Morgan fingerprint density at radius 1 is 1.69 bits per heavy atom. The molecule has 1 aromatic heterocycles. The molecule has 1 aliphatic carbocycles. The molecule has 0 aromatic carbocycles. The van der Waals surface area contributed by atoms with Gasteiger partial charge in [-0.1, -0.05) is 0 Å².